The lowest BCUT2D eigenvalue weighted by atomic mass is 10.0. The molecule has 4 heteroatoms. The lowest BCUT2D eigenvalue weighted by molar-refractivity contribution is 0.0694. The standard InChI is InChI=1S/C21H19NO3/c1-22-20-9-5-4-7-18(20)15-10-12-17(13-11-15)25-14-16-6-2-3-8-19(16)21(23)24/h2-13,22H,14H2,1H3,(H,23,24). The molecule has 0 aliphatic rings. The Morgan fingerprint density at radius 3 is 2.36 bits per heavy atom. The number of nitrogens with one attached hydrogen (secondary N) is 1. The minimum Gasteiger partial charge on any atom is -0.489 e. The van der Waals surface area contributed by atoms with Crippen molar-refractivity contribution in [2.45, 2.75) is 6.61 Å². The molecule has 3 aromatic rings. The molecule has 3 aromatic carbocycles. The maximum Gasteiger partial charge on any atom is 0.336 e. The third-order valence-electron chi connectivity index (χ3n) is 4.00. The van der Waals surface area contributed by atoms with Crippen LogP contribution in [0.5, 0.6) is 5.75 Å². The molecule has 0 radical (unpaired) electrons. The first-order chi connectivity index (χ1) is 12.2. The van der Waals surface area contributed by atoms with Gasteiger partial charge in [0.1, 0.15) is 12.4 Å². The van der Waals surface area contributed by atoms with Crippen molar-refractivity contribution in [3.05, 3.63) is 83.9 Å². The normalized spacial score (nSPS) is 10.3. The first-order valence-corrected chi connectivity index (χ1v) is 8.00. The lowest BCUT2D eigenvalue weighted by Gasteiger charge is -2.11. The number of ether oxygens (including phenoxy) is 1. The fraction of sp³-hybridized carbons (Fsp3) is 0.0952. The summed E-state index contributed by atoms with van der Waals surface area (Å²) in [6.07, 6.45) is 0. The number of carboxylic acids is 1. The van der Waals surface area contributed by atoms with Crippen molar-refractivity contribution >= 4 is 11.7 Å². The molecule has 0 bridgehead atoms. The first-order valence-electron chi connectivity index (χ1n) is 8.00. The van der Waals surface area contributed by atoms with Crippen LogP contribution < -0.4 is 10.1 Å². The molecule has 0 fully saturated rings. The predicted octanol–water partition coefficient (Wildman–Crippen LogP) is 4.67. The van der Waals surface area contributed by atoms with Crippen LogP contribution in [0.25, 0.3) is 11.1 Å². The topological polar surface area (TPSA) is 58.6 Å². The minimum absolute atomic E-state index is 0.217. The van der Waals surface area contributed by atoms with Gasteiger partial charge in [-0.1, -0.05) is 48.5 Å². The van der Waals surface area contributed by atoms with E-state index in [0.29, 0.717) is 11.3 Å². The largest absolute Gasteiger partial charge is 0.489 e. The maximum atomic E-state index is 11.2. The Kier molecular flexibility index (Phi) is 5.00. The first kappa shape index (κ1) is 16.6. The predicted molar refractivity (Wildman–Crippen MR) is 99.2 cm³/mol. The molecule has 2 N–H and O–H groups in total. The van der Waals surface area contributed by atoms with E-state index in [9.17, 15) is 9.90 Å². The van der Waals surface area contributed by atoms with Gasteiger partial charge in [0.2, 0.25) is 0 Å². The van der Waals surface area contributed by atoms with E-state index in [0.717, 1.165) is 16.8 Å². The highest BCUT2D eigenvalue weighted by Gasteiger charge is 2.09. The van der Waals surface area contributed by atoms with Gasteiger partial charge in [0.15, 0.2) is 0 Å². The smallest absolute Gasteiger partial charge is 0.336 e. The molecular weight excluding hydrogens is 314 g/mol. The number of carbonyl (C=O) groups is 1. The van der Waals surface area contributed by atoms with E-state index < -0.39 is 5.97 Å². The zero-order valence-corrected chi connectivity index (χ0v) is 13.9. The Morgan fingerprint density at radius 2 is 1.64 bits per heavy atom. The Labute approximate surface area is 146 Å². The number of para-hydroxylation sites is 1. The van der Waals surface area contributed by atoms with Crippen molar-refractivity contribution in [1.82, 2.24) is 0 Å². The number of aromatic carboxylic acids is 1. The van der Waals surface area contributed by atoms with Crippen LogP contribution in [0.2, 0.25) is 0 Å². The van der Waals surface area contributed by atoms with Crippen LogP contribution in [0.3, 0.4) is 0 Å². The van der Waals surface area contributed by atoms with Crippen LogP contribution in [0.1, 0.15) is 15.9 Å². The second-order valence-corrected chi connectivity index (χ2v) is 5.57. The van der Waals surface area contributed by atoms with Crippen molar-refractivity contribution in [3.8, 4) is 16.9 Å². The maximum absolute atomic E-state index is 11.2. The summed E-state index contributed by atoms with van der Waals surface area (Å²) in [5.74, 6) is -0.246. The number of hydrogen-bond acceptors (Lipinski definition) is 3. The number of carboxylic acid groups (broad SMARTS) is 1. The molecule has 126 valence electrons. The van der Waals surface area contributed by atoms with Crippen molar-refractivity contribution in [2.24, 2.45) is 0 Å². The van der Waals surface area contributed by atoms with E-state index in [2.05, 4.69) is 11.4 Å². The highest BCUT2D eigenvalue weighted by molar-refractivity contribution is 5.89. The van der Waals surface area contributed by atoms with Crippen molar-refractivity contribution in [2.75, 3.05) is 12.4 Å². The Morgan fingerprint density at radius 1 is 0.960 bits per heavy atom. The molecule has 0 aromatic heterocycles. The van der Waals surface area contributed by atoms with Gasteiger partial charge in [-0.05, 0) is 29.8 Å². The fourth-order valence-electron chi connectivity index (χ4n) is 2.70. The molecule has 4 nitrogen and oxygen atoms in total. The number of benzene rings is 3. The summed E-state index contributed by atoms with van der Waals surface area (Å²) in [5, 5.41) is 12.4. The van der Waals surface area contributed by atoms with Crippen LogP contribution >= 0.6 is 0 Å². The molecule has 3 rings (SSSR count). The van der Waals surface area contributed by atoms with Crippen LogP contribution in [0.15, 0.2) is 72.8 Å². The van der Waals surface area contributed by atoms with E-state index in [4.69, 9.17) is 4.74 Å². The molecule has 0 atom stereocenters. The van der Waals surface area contributed by atoms with Crippen LogP contribution in [0, 0.1) is 0 Å². The van der Waals surface area contributed by atoms with Gasteiger partial charge in [-0.2, -0.15) is 0 Å². The Bertz CT molecular complexity index is 872. The number of rotatable bonds is 6. The van der Waals surface area contributed by atoms with Crippen molar-refractivity contribution in [3.63, 3.8) is 0 Å². The van der Waals surface area contributed by atoms with E-state index in [1.807, 2.05) is 55.6 Å². The fourth-order valence-corrected chi connectivity index (χ4v) is 2.70. The molecule has 0 aliphatic carbocycles. The molecular formula is C21H19NO3. The zero-order valence-electron chi connectivity index (χ0n) is 13.9. The SMILES string of the molecule is CNc1ccccc1-c1ccc(OCc2ccccc2C(=O)O)cc1. The van der Waals surface area contributed by atoms with Gasteiger partial charge in [0.05, 0.1) is 5.56 Å². The van der Waals surface area contributed by atoms with Gasteiger partial charge in [-0.25, -0.2) is 4.79 Å². The van der Waals surface area contributed by atoms with Gasteiger partial charge in [-0.15, -0.1) is 0 Å². The summed E-state index contributed by atoms with van der Waals surface area (Å²) in [6, 6.07) is 22.7. The Hall–Kier alpha value is -3.27. The monoisotopic (exact) mass is 333 g/mol. The highest BCUT2D eigenvalue weighted by atomic mass is 16.5. The molecule has 0 unspecified atom stereocenters. The summed E-state index contributed by atoms with van der Waals surface area (Å²) in [4.78, 5) is 11.2. The minimum atomic E-state index is -0.946. The van der Waals surface area contributed by atoms with E-state index in [1.54, 1.807) is 18.2 Å². The van der Waals surface area contributed by atoms with E-state index in [-0.39, 0.29) is 12.2 Å². The molecule has 0 amide bonds. The summed E-state index contributed by atoms with van der Waals surface area (Å²) < 4.78 is 5.75. The number of hydrogen-bond donors (Lipinski definition) is 2. The quantitative estimate of drug-likeness (QED) is 0.688. The van der Waals surface area contributed by atoms with E-state index in [1.165, 1.54) is 0 Å². The van der Waals surface area contributed by atoms with Crippen molar-refractivity contribution in [1.29, 1.82) is 0 Å². The van der Waals surface area contributed by atoms with Gasteiger partial charge >= 0.3 is 5.97 Å². The van der Waals surface area contributed by atoms with Gasteiger partial charge in [0, 0.05) is 23.9 Å². The summed E-state index contributed by atoms with van der Waals surface area (Å²) in [7, 11) is 1.90. The van der Waals surface area contributed by atoms with Gasteiger partial charge in [0.25, 0.3) is 0 Å². The van der Waals surface area contributed by atoms with Crippen LogP contribution in [0.4, 0.5) is 5.69 Å². The molecule has 0 saturated heterocycles. The third kappa shape index (κ3) is 3.80. The lowest BCUT2D eigenvalue weighted by Crippen LogP contribution is -2.05. The van der Waals surface area contributed by atoms with Gasteiger partial charge < -0.3 is 15.2 Å². The molecule has 0 spiro atoms. The highest BCUT2D eigenvalue weighted by Crippen LogP contribution is 2.29. The molecule has 0 saturated carbocycles. The second-order valence-electron chi connectivity index (χ2n) is 5.57. The second kappa shape index (κ2) is 7.53. The zero-order chi connectivity index (χ0) is 17.6. The third-order valence-corrected chi connectivity index (χ3v) is 4.00. The van der Waals surface area contributed by atoms with Gasteiger partial charge in [-0.3, -0.25) is 0 Å². The molecule has 25 heavy (non-hydrogen) atoms. The average Bonchev–Trinajstić information content (AvgIpc) is 2.67. The van der Waals surface area contributed by atoms with Crippen LogP contribution in [-0.2, 0) is 6.61 Å². The summed E-state index contributed by atoms with van der Waals surface area (Å²) in [5.41, 5.74) is 4.18. The summed E-state index contributed by atoms with van der Waals surface area (Å²) >= 11 is 0. The van der Waals surface area contributed by atoms with Crippen LogP contribution in [-0.4, -0.2) is 18.1 Å². The Balaban J connectivity index is 1.75. The summed E-state index contributed by atoms with van der Waals surface area (Å²) in [6.45, 7) is 0.217. The molecule has 0 heterocycles. The van der Waals surface area contributed by atoms with Crippen molar-refractivity contribution < 1.29 is 14.6 Å². The number of anilines is 1. The average molecular weight is 333 g/mol. The van der Waals surface area contributed by atoms with E-state index >= 15 is 0 Å². The molecule has 0 aliphatic heterocycles.